The van der Waals surface area contributed by atoms with E-state index >= 15 is 0 Å². The molecule has 5 nitrogen and oxygen atoms in total. The first-order valence-corrected chi connectivity index (χ1v) is 7.66. The molecule has 0 aliphatic carbocycles. The number of nitrogens with one attached hydrogen (secondary N) is 3. The maximum Gasteiger partial charge on any atom is 0.319 e. The number of anilines is 1. The number of hydrogen-bond donors (Lipinski definition) is 3. The van der Waals surface area contributed by atoms with Gasteiger partial charge in [-0.15, -0.1) is 0 Å². The summed E-state index contributed by atoms with van der Waals surface area (Å²) in [6.07, 6.45) is 0. The summed E-state index contributed by atoms with van der Waals surface area (Å²) in [5, 5.41) is 7.37. The molecule has 1 heterocycles. The summed E-state index contributed by atoms with van der Waals surface area (Å²) in [5.41, 5.74) is 0.414. The van der Waals surface area contributed by atoms with Crippen molar-refractivity contribution in [2.45, 2.75) is 13.0 Å². The van der Waals surface area contributed by atoms with Crippen LogP contribution in [-0.2, 0) is 4.79 Å². The van der Waals surface area contributed by atoms with Crippen molar-refractivity contribution >= 4 is 17.6 Å². The van der Waals surface area contributed by atoms with Crippen molar-refractivity contribution in [3.8, 4) is 0 Å². The second-order valence-corrected chi connectivity index (χ2v) is 5.67. The quantitative estimate of drug-likeness (QED) is 0.785. The molecule has 0 bridgehead atoms. The van der Waals surface area contributed by atoms with Crippen molar-refractivity contribution in [3.63, 3.8) is 0 Å². The van der Waals surface area contributed by atoms with Crippen LogP contribution >= 0.6 is 0 Å². The van der Waals surface area contributed by atoms with Gasteiger partial charge < -0.3 is 16.0 Å². The zero-order valence-corrected chi connectivity index (χ0v) is 13.6. The molecule has 0 unspecified atom stereocenters. The van der Waals surface area contributed by atoms with E-state index < -0.39 is 35.4 Å². The maximum atomic E-state index is 14.2. The highest BCUT2D eigenvalue weighted by Gasteiger charge is 2.32. The summed E-state index contributed by atoms with van der Waals surface area (Å²) in [5.74, 6) is -3.44. The van der Waals surface area contributed by atoms with E-state index in [1.54, 1.807) is 6.07 Å². The van der Waals surface area contributed by atoms with E-state index in [4.69, 9.17) is 0 Å². The Balaban J connectivity index is 1.97. The Morgan fingerprint density at radius 2 is 1.77 bits per heavy atom. The summed E-state index contributed by atoms with van der Waals surface area (Å²) in [7, 11) is 0. The number of hydrogen-bond acceptors (Lipinski definition) is 2. The van der Waals surface area contributed by atoms with Gasteiger partial charge in [0.2, 0.25) is 0 Å². The first-order valence-electron chi connectivity index (χ1n) is 7.66. The number of allylic oxidation sites excluding steroid dienone is 1. The van der Waals surface area contributed by atoms with Crippen molar-refractivity contribution in [1.29, 1.82) is 0 Å². The Morgan fingerprint density at radius 1 is 1.04 bits per heavy atom. The van der Waals surface area contributed by atoms with Gasteiger partial charge in [-0.3, -0.25) is 4.79 Å². The highest BCUT2D eigenvalue weighted by Crippen LogP contribution is 2.29. The molecule has 2 aromatic carbocycles. The van der Waals surface area contributed by atoms with Crippen LogP contribution in [0, 0.1) is 17.5 Å². The first kappa shape index (κ1) is 17.5. The number of halogens is 3. The first-order chi connectivity index (χ1) is 12.4. The third-order valence-electron chi connectivity index (χ3n) is 3.91. The molecular formula is C18H14F3N3O2. The molecule has 3 rings (SSSR count). The normalized spacial score (nSPS) is 16.8. The van der Waals surface area contributed by atoms with Crippen LogP contribution in [0.15, 0.2) is 53.7 Å². The third kappa shape index (κ3) is 3.39. The summed E-state index contributed by atoms with van der Waals surface area (Å²) >= 11 is 0. The monoisotopic (exact) mass is 361 g/mol. The smallest absolute Gasteiger partial charge is 0.319 e. The average molecular weight is 361 g/mol. The SMILES string of the molecule is CC1=C(C(=O)Nc2ccc(F)c(F)c2)[C@H](c2ccccc2F)NC(=O)N1. The topological polar surface area (TPSA) is 70.2 Å². The van der Waals surface area contributed by atoms with Crippen molar-refractivity contribution in [2.24, 2.45) is 0 Å². The molecule has 1 aliphatic heterocycles. The van der Waals surface area contributed by atoms with Crippen molar-refractivity contribution in [3.05, 3.63) is 76.7 Å². The summed E-state index contributed by atoms with van der Waals surface area (Å²) < 4.78 is 40.5. The van der Waals surface area contributed by atoms with Gasteiger partial charge in [-0.25, -0.2) is 18.0 Å². The predicted octanol–water partition coefficient (Wildman–Crippen LogP) is 3.37. The Labute approximate surface area is 146 Å². The van der Waals surface area contributed by atoms with Crippen LogP contribution in [0.3, 0.4) is 0 Å². The van der Waals surface area contributed by atoms with Gasteiger partial charge in [-0.1, -0.05) is 18.2 Å². The van der Waals surface area contributed by atoms with E-state index in [-0.39, 0.29) is 22.5 Å². The summed E-state index contributed by atoms with van der Waals surface area (Å²) in [4.78, 5) is 24.5. The molecule has 0 radical (unpaired) electrons. The van der Waals surface area contributed by atoms with Crippen LogP contribution < -0.4 is 16.0 Å². The van der Waals surface area contributed by atoms with Crippen molar-refractivity contribution < 1.29 is 22.8 Å². The van der Waals surface area contributed by atoms with Crippen molar-refractivity contribution in [1.82, 2.24) is 10.6 Å². The van der Waals surface area contributed by atoms with Crippen LogP contribution in [0.1, 0.15) is 18.5 Å². The number of carbonyl (C=O) groups is 2. The molecule has 1 aliphatic rings. The molecule has 3 amide bonds. The lowest BCUT2D eigenvalue weighted by Crippen LogP contribution is -2.46. The van der Waals surface area contributed by atoms with Gasteiger partial charge in [0, 0.05) is 23.0 Å². The molecule has 8 heteroatoms. The van der Waals surface area contributed by atoms with E-state index in [0.29, 0.717) is 0 Å². The minimum Gasteiger partial charge on any atom is -0.327 e. The molecular weight excluding hydrogens is 347 g/mol. The van der Waals surface area contributed by atoms with Gasteiger partial charge in [-0.05, 0) is 25.1 Å². The molecule has 134 valence electrons. The molecule has 0 saturated heterocycles. The minimum absolute atomic E-state index is 0.0263. The molecule has 0 saturated carbocycles. The molecule has 0 fully saturated rings. The second kappa shape index (κ2) is 6.91. The average Bonchev–Trinajstić information content (AvgIpc) is 2.57. The van der Waals surface area contributed by atoms with Gasteiger partial charge in [0.05, 0.1) is 11.6 Å². The van der Waals surface area contributed by atoms with Crippen LogP contribution in [0.4, 0.5) is 23.7 Å². The van der Waals surface area contributed by atoms with Gasteiger partial charge in [0.1, 0.15) is 5.82 Å². The van der Waals surface area contributed by atoms with Gasteiger partial charge in [-0.2, -0.15) is 0 Å². The Hall–Kier alpha value is -3.29. The van der Waals surface area contributed by atoms with Gasteiger partial charge in [0.15, 0.2) is 11.6 Å². The lowest BCUT2D eigenvalue weighted by atomic mass is 9.94. The zero-order valence-electron chi connectivity index (χ0n) is 13.6. The van der Waals surface area contributed by atoms with Crippen molar-refractivity contribution in [2.75, 3.05) is 5.32 Å². The minimum atomic E-state index is -1.12. The largest absolute Gasteiger partial charge is 0.327 e. The zero-order chi connectivity index (χ0) is 18.8. The molecule has 2 aromatic rings. The number of urea groups is 1. The van der Waals surface area contributed by atoms with E-state index in [1.807, 2.05) is 0 Å². The van der Waals surface area contributed by atoms with Crippen LogP contribution in [0.25, 0.3) is 0 Å². The van der Waals surface area contributed by atoms with Gasteiger partial charge in [0.25, 0.3) is 5.91 Å². The van der Waals surface area contributed by atoms with Crippen LogP contribution in [0.2, 0.25) is 0 Å². The van der Waals surface area contributed by atoms with Crippen LogP contribution in [0.5, 0.6) is 0 Å². The standard InChI is InChI=1S/C18H14F3N3O2/c1-9-15(17(25)23-10-6-7-13(20)14(21)8-10)16(24-18(26)22-9)11-4-2-3-5-12(11)19/h2-8,16H,1H3,(H,23,25)(H2,22,24,26)/t16-/m0/s1. The lowest BCUT2D eigenvalue weighted by molar-refractivity contribution is -0.113. The number of carbonyl (C=O) groups excluding carboxylic acids is 2. The fourth-order valence-corrected chi connectivity index (χ4v) is 2.71. The predicted molar refractivity (Wildman–Crippen MR) is 88.5 cm³/mol. The fraction of sp³-hybridized carbons (Fsp3) is 0.111. The third-order valence-corrected chi connectivity index (χ3v) is 3.91. The maximum absolute atomic E-state index is 14.2. The Kier molecular flexibility index (Phi) is 4.66. The summed E-state index contributed by atoms with van der Waals surface area (Å²) in [6.45, 7) is 1.49. The fourth-order valence-electron chi connectivity index (χ4n) is 2.71. The van der Waals surface area contributed by atoms with E-state index in [0.717, 1.165) is 12.1 Å². The molecule has 0 aromatic heterocycles. The summed E-state index contributed by atoms with van der Waals surface area (Å²) in [6, 6.07) is 7.01. The molecule has 26 heavy (non-hydrogen) atoms. The Bertz CT molecular complexity index is 928. The van der Waals surface area contributed by atoms with E-state index in [1.165, 1.54) is 31.2 Å². The molecule has 0 spiro atoms. The number of rotatable bonds is 3. The van der Waals surface area contributed by atoms with E-state index in [2.05, 4.69) is 16.0 Å². The highest BCUT2D eigenvalue weighted by molar-refractivity contribution is 6.06. The molecule has 1 atom stereocenters. The second-order valence-electron chi connectivity index (χ2n) is 5.67. The number of amides is 3. The Morgan fingerprint density at radius 3 is 2.46 bits per heavy atom. The van der Waals surface area contributed by atoms with Crippen LogP contribution in [-0.4, -0.2) is 11.9 Å². The lowest BCUT2D eigenvalue weighted by Gasteiger charge is -2.28. The van der Waals surface area contributed by atoms with Gasteiger partial charge >= 0.3 is 6.03 Å². The number of benzene rings is 2. The molecule has 3 N–H and O–H groups in total. The highest BCUT2D eigenvalue weighted by atomic mass is 19.2. The van der Waals surface area contributed by atoms with E-state index in [9.17, 15) is 22.8 Å².